The van der Waals surface area contributed by atoms with Crippen LogP contribution in [0.15, 0.2) is 52.3 Å². The van der Waals surface area contributed by atoms with Gasteiger partial charge in [-0.3, -0.25) is 20.2 Å². The quantitative estimate of drug-likeness (QED) is 0.345. The molecule has 0 saturated carbocycles. The Morgan fingerprint density at radius 1 is 1.31 bits per heavy atom. The van der Waals surface area contributed by atoms with Crippen LogP contribution in [0.1, 0.15) is 18.9 Å². The number of nitrogens with zero attached hydrogens (tertiary/aromatic N) is 2. The van der Waals surface area contributed by atoms with Crippen molar-refractivity contribution in [2.24, 2.45) is 0 Å². The van der Waals surface area contributed by atoms with Crippen LogP contribution in [0.25, 0.3) is 11.3 Å². The summed E-state index contributed by atoms with van der Waals surface area (Å²) in [5.41, 5.74) is 2.37. The summed E-state index contributed by atoms with van der Waals surface area (Å²) in [6.45, 7) is 1.96. The highest BCUT2D eigenvalue weighted by atomic mass is 79.9. The molecule has 0 aliphatic rings. The van der Waals surface area contributed by atoms with Crippen LogP contribution in [0.5, 0.6) is 5.75 Å². The number of rotatable bonds is 8. The molecule has 0 spiro atoms. The summed E-state index contributed by atoms with van der Waals surface area (Å²) in [5, 5.41) is 15.7. The van der Waals surface area contributed by atoms with Crippen molar-refractivity contribution in [3.8, 4) is 17.0 Å². The molecule has 1 N–H and O–H groups in total. The number of carbonyl (C=O) groups excluding carboxylic acids is 1. The first-order valence-corrected chi connectivity index (χ1v) is 10.5. The standard InChI is InChI=1S/C20H18BrN3O4S/c1-2-4-13-7-8-18(16(21)9-13)28-11-19(25)23-20-22-17(12-29-20)14-5-3-6-15(10-14)24(26)27/h3,5-10,12H,2,4,11H2,1H3,(H,22,23,25). The SMILES string of the molecule is CCCc1ccc(OCC(=O)Nc2nc(-c3cccc([N+](=O)[O-])c3)cs2)c(Br)c1. The first-order chi connectivity index (χ1) is 14.0. The van der Waals surface area contributed by atoms with E-state index in [1.54, 1.807) is 17.5 Å². The fourth-order valence-corrected chi connectivity index (χ4v) is 3.92. The number of ether oxygens (including phenoxy) is 1. The molecule has 7 nitrogen and oxygen atoms in total. The van der Waals surface area contributed by atoms with E-state index in [2.05, 4.69) is 33.2 Å². The number of hydrogen-bond donors (Lipinski definition) is 1. The second-order valence-electron chi connectivity index (χ2n) is 6.20. The fraction of sp³-hybridized carbons (Fsp3) is 0.200. The highest BCUT2D eigenvalue weighted by Gasteiger charge is 2.12. The first-order valence-electron chi connectivity index (χ1n) is 8.87. The maximum atomic E-state index is 12.2. The highest BCUT2D eigenvalue weighted by molar-refractivity contribution is 9.10. The van der Waals surface area contributed by atoms with Gasteiger partial charge in [-0.2, -0.15) is 0 Å². The summed E-state index contributed by atoms with van der Waals surface area (Å²) in [7, 11) is 0. The van der Waals surface area contributed by atoms with Gasteiger partial charge >= 0.3 is 0 Å². The largest absolute Gasteiger partial charge is 0.483 e. The zero-order valence-electron chi connectivity index (χ0n) is 15.6. The second-order valence-corrected chi connectivity index (χ2v) is 7.91. The fourth-order valence-electron chi connectivity index (χ4n) is 2.65. The Balaban J connectivity index is 1.59. The number of carbonyl (C=O) groups is 1. The number of non-ortho nitro benzene ring substituents is 1. The summed E-state index contributed by atoms with van der Waals surface area (Å²) in [6, 6.07) is 12.0. The molecule has 0 atom stereocenters. The van der Waals surface area contributed by atoms with Crippen LogP contribution in [-0.2, 0) is 11.2 Å². The average Bonchev–Trinajstić information content (AvgIpc) is 3.16. The molecule has 0 bridgehead atoms. The number of anilines is 1. The van der Waals surface area contributed by atoms with Gasteiger partial charge in [0.1, 0.15) is 5.75 Å². The monoisotopic (exact) mass is 475 g/mol. The maximum absolute atomic E-state index is 12.2. The predicted molar refractivity (Wildman–Crippen MR) is 116 cm³/mol. The second kappa shape index (κ2) is 9.62. The van der Waals surface area contributed by atoms with E-state index in [4.69, 9.17) is 4.74 Å². The van der Waals surface area contributed by atoms with Gasteiger partial charge in [0.15, 0.2) is 11.7 Å². The lowest BCUT2D eigenvalue weighted by molar-refractivity contribution is -0.384. The minimum atomic E-state index is -0.456. The van der Waals surface area contributed by atoms with Gasteiger partial charge in [-0.15, -0.1) is 11.3 Å². The first kappa shape index (κ1) is 20.9. The molecule has 29 heavy (non-hydrogen) atoms. The van der Waals surface area contributed by atoms with Crippen LogP contribution in [0, 0.1) is 10.1 Å². The Morgan fingerprint density at radius 2 is 2.14 bits per heavy atom. The van der Waals surface area contributed by atoms with Gasteiger partial charge in [-0.1, -0.05) is 31.5 Å². The molecule has 2 aromatic carbocycles. The summed E-state index contributed by atoms with van der Waals surface area (Å²) < 4.78 is 6.38. The third kappa shape index (κ3) is 5.61. The minimum Gasteiger partial charge on any atom is -0.483 e. The van der Waals surface area contributed by atoms with Crippen LogP contribution in [0.4, 0.5) is 10.8 Å². The van der Waals surface area contributed by atoms with E-state index in [0.717, 1.165) is 17.3 Å². The number of aromatic nitrogens is 1. The summed E-state index contributed by atoms with van der Waals surface area (Å²) in [5.74, 6) is 0.255. The van der Waals surface area contributed by atoms with Crippen molar-refractivity contribution in [3.05, 3.63) is 68.0 Å². The van der Waals surface area contributed by atoms with Crippen LogP contribution in [-0.4, -0.2) is 22.4 Å². The highest BCUT2D eigenvalue weighted by Crippen LogP contribution is 2.28. The number of amides is 1. The summed E-state index contributed by atoms with van der Waals surface area (Å²) in [6.07, 6.45) is 2.04. The maximum Gasteiger partial charge on any atom is 0.270 e. The van der Waals surface area contributed by atoms with Crippen molar-refractivity contribution in [2.45, 2.75) is 19.8 Å². The van der Waals surface area contributed by atoms with Crippen LogP contribution in [0.3, 0.4) is 0 Å². The Hall–Kier alpha value is -2.78. The molecule has 3 aromatic rings. The molecule has 1 amide bonds. The molecule has 0 fully saturated rings. The number of nitro groups is 1. The number of halogens is 1. The van der Waals surface area contributed by atoms with Crippen molar-refractivity contribution in [1.82, 2.24) is 4.98 Å². The summed E-state index contributed by atoms with van der Waals surface area (Å²) in [4.78, 5) is 27.0. The van der Waals surface area contributed by atoms with Gasteiger partial charge in [0.05, 0.1) is 15.1 Å². The number of aryl methyl sites for hydroxylation is 1. The third-order valence-corrected chi connectivity index (χ3v) is 5.37. The molecule has 0 aliphatic heterocycles. The van der Waals surface area contributed by atoms with Crippen molar-refractivity contribution in [1.29, 1.82) is 0 Å². The van der Waals surface area contributed by atoms with E-state index in [1.165, 1.54) is 29.0 Å². The molecule has 150 valence electrons. The molecular weight excluding hydrogens is 458 g/mol. The number of benzene rings is 2. The zero-order chi connectivity index (χ0) is 20.8. The molecular formula is C20H18BrN3O4S. The van der Waals surface area contributed by atoms with Gasteiger partial charge < -0.3 is 4.74 Å². The predicted octanol–water partition coefficient (Wildman–Crippen LogP) is 5.45. The van der Waals surface area contributed by atoms with E-state index < -0.39 is 4.92 Å². The molecule has 0 saturated heterocycles. The third-order valence-electron chi connectivity index (χ3n) is 4.00. The Bertz CT molecular complexity index is 1040. The lowest BCUT2D eigenvalue weighted by Gasteiger charge is -2.09. The number of nitro benzene ring substituents is 1. The molecule has 9 heteroatoms. The molecule has 1 heterocycles. The minimum absolute atomic E-state index is 0.00924. The van der Waals surface area contributed by atoms with E-state index >= 15 is 0 Å². The van der Waals surface area contributed by atoms with E-state index in [9.17, 15) is 14.9 Å². The van der Waals surface area contributed by atoms with Crippen molar-refractivity contribution in [3.63, 3.8) is 0 Å². The number of thiazole rings is 1. The molecule has 0 unspecified atom stereocenters. The van der Waals surface area contributed by atoms with Gasteiger partial charge in [0.25, 0.3) is 11.6 Å². The van der Waals surface area contributed by atoms with E-state index in [0.29, 0.717) is 22.1 Å². The molecule has 1 aromatic heterocycles. The van der Waals surface area contributed by atoms with Gasteiger partial charge in [-0.25, -0.2) is 4.98 Å². The van der Waals surface area contributed by atoms with Crippen LogP contribution in [0.2, 0.25) is 0 Å². The van der Waals surface area contributed by atoms with Gasteiger partial charge in [0.2, 0.25) is 0 Å². The van der Waals surface area contributed by atoms with Gasteiger partial charge in [0, 0.05) is 23.1 Å². The van der Waals surface area contributed by atoms with E-state index in [-0.39, 0.29) is 18.2 Å². The average molecular weight is 476 g/mol. The smallest absolute Gasteiger partial charge is 0.270 e. The Kier molecular flexibility index (Phi) is 6.95. The van der Waals surface area contributed by atoms with Crippen LogP contribution < -0.4 is 10.1 Å². The zero-order valence-corrected chi connectivity index (χ0v) is 18.0. The normalized spacial score (nSPS) is 10.6. The van der Waals surface area contributed by atoms with Crippen molar-refractivity contribution < 1.29 is 14.5 Å². The van der Waals surface area contributed by atoms with Crippen LogP contribution >= 0.6 is 27.3 Å². The van der Waals surface area contributed by atoms with E-state index in [1.807, 2.05) is 18.2 Å². The Labute approximate surface area is 180 Å². The molecule has 0 aliphatic carbocycles. The van der Waals surface area contributed by atoms with Crippen molar-refractivity contribution in [2.75, 3.05) is 11.9 Å². The molecule has 0 radical (unpaired) electrons. The topological polar surface area (TPSA) is 94.4 Å². The van der Waals surface area contributed by atoms with Crippen molar-refractivity contribution >= 4 is 44.0 Å². The number of hydrogen-bond acceptors (Lipinski definition) is 6. The molecule has 3 rings (SSSR count). The van der Waals surface area contributed by atoms with Gasteiger partial charge in [-0.05, 0) is 40.0 Å². The number of nitrogens with one attached hydrogen (secondary N) is 1. The Morgan fingerprint density at radius 3 is 2.86 bits per heavy atom. The lowest BCUT2D eigenvalue weighted by atomic mass is 10.1. The lowest BCUT2D eigenvalue weighted by Crippen LogP contribution is -2.20. The summed E-state index contributed by atoms with van der Waals surface area (Å²) >= 11 is 4.71.